The maximum absolute atomic E-state index is 11.9. The molecule has 26 heavy (non-hydrogen) atoms. The van der Waals surface area contributed by atoms with Crippen molar-refractivity contribution in [2.24, 2.45) is 11.3 Å². The van der Waals surface area contributed by atoms with E-state index in [9.17, 15) is 9.59 Å². The molecule has 1 aliphatic rings. The quantitative estimate of drug-likeness (QED) is 0.469. The van der Waals surface area contributed by atoms with Crippen LogP contribution in [0.3, 0.4) is 0 Å². The standard InChI is InChI=1S/C17H31NO4.CH2O3/c1-5-9-14(21-15(19)17(2,3)4)22-16(20)18-12-13-10-7-6-8-11-13;2-1(3)4/h13-14H,5-12H2,1-4H3,(H,18,20);(H2,2,3,4). The Bertz CT molecular complexity index is 435. The summed E-state index contributed by atoms with van der Waals surface area (Å²) in [7, 11) is 0. The van der Waals surface area contributed by atoms with E-state index in [-0.39, 0.29) is 5.97 Å². The van der Waals surface area contributed by atoms with Gasteiger partial charge in [0.05, 0.1) is 5.41 Å². The Labute approximate surface area is 155 Å². The average Bonchev–Trinajstić information content (AvgIpc) is 2.52. The molecule has 0 aliphatic heterocycles. The molecule has 1 fully saturated rings. The Kier molecular flexibility index (Phi) is 11.4. The number of carbonyl (C=O) groups excluding carboxylic acids is 2. The van der Waals surface area contributed by atoms with E-state index in [2.05, 4.69) is 5.32 Å². The molecular formula is C18H33NO7. The molecule has 0 radical (unpaired) electrons. The lowest BCUT2D eigenvalue weighted by Gasteiger charge is -2.24. The SMILES string of the molecule is CCCC(OC(=O)NCC1CCCCC1)OC(=O)C(C)(C)C.O=C(O)O. The minimum absolute atomic E-state index is 0.356. The van der Waals surface area contributed by atoms with Gasteiger partial charge in [0.15, 0.2) is 0 Å². The number of alkyl carbamates (subject to hydrolysis) is 1. The van der Waals surface area contributed by atoms with Crippen LogP contribution >= 0.6 is 0 Å². The van der Waals surface area contributed by atoms with Gasteiger partial charge >= 0.3 is 18.2 Å². The summed E-state index contributed by atoms with van der Waals surface area (Å²) in [6, 6.07) is 0. The molecule has 0 bridgehead atoms. The Morgan fingerprint density at radius 3 is 2.08 bits per heavy atom. The Morgan fingerprint density at radius 2 is 1.62 bits per heavy atom. The second-order valence-electron chi connectivity index (χ2n) is 7.45. The smallest absolute Gasteiger partial charge is 0.450 e. The van der Waals surface area contributed by atoms with Crippen LogP contribution in [0.1, 0.15) is 72.6 Å². The van der Waals surface area contributed by atoms with E-state index in [4.69, 9.17) is 24.5 Å². The van der Waals surface area contributed by atoms with Crippen molar-refractivity contribution in [2.75, 3.05) is 6.54 Å². The average molecular weight is 375 g/mol. The summed E-state index contributed by atoms with van der Waals surface area (Å²) in [5.74, 6) is 0.189. The molecule has 8 nitrogen and oxygen atoms in total. The summed E-state index contributed by atoms with van der Waals surface area (Å²) >= 11 is 0. The number of hydrogen-bond donors (Lipinski definition) is 3. The van der Waals surface area contributed by atoms with Crippen molar-refractivity contribution < 1.29 is 34.1 Å². The third-order valence-corrected chi connectivity index (χ3v) is 3.87. The molecule has 1 rings (SSSR count). The van der Waals surface area contributed by atoms with Crippen LogP contribution in [0.4, 0.5) is 9.59 Å². The van der Waals surface area contributed by atoms with Gasteiger partial charge in [0.1, 0.15) is 0 Å². The van der Waals surface area contributed by atoms with Gasteiger partial charge in [-0.3, -0.25) is 4.79 Å². The number of hydrogen-bond acceptors (Lipinski definition) is 5. The molecule has 1 unspecified atom stereocenters. The van der Waals surface area contributed by atoms with Crippen molar-refractivity contribution in [1.29, 1.82) is 0 Å². The number of rotatable bonds is 6. The Balaban J connectivity index is 0.00000141. The molecule has 3 N–H and O–H groups in total. The van der Waals surface area contributed by atoms with Crippen LogP contribution in [-0.4, -0.2) is 41.3 Å². The number of ether oxygens (including phenoxy) is 2. The molecule has 1 atom stereocenters. The van der Waals surface area contributed by atoms with Crippen molar-refractivity contribution in [3.05, 3.63) is 0 Å². The summed E-state index contributed by atoms with van der Waals surface area (Å²) in [5.41, 5.74) is -0.603. The normalized spacial score (nSPS) is 15.8. The van der Waals surface area contributed by atoms with Crippen molar-refractivity contribution in [3.63, 3.8) is 0 Å². The predicted octanol–water partition coefficient (Wildman–Crippen LogP) is 4.23. The zero-order chi connectivity index (χ0) is 20.2. The van der Waals surface area contributed by atoms with E-state index in [1.54, 1.807) is 20.8 Å². The molecular weight excluding hydrogens is 342 g/mol. The monoisotopic (exact) mass is 375 g/mol. The highest BCUT2D eigenvalue weighted by molar-refractivity contribution is 5.75. The third kappa shape index (κ3) is 12.4. The van der Waals surface area contributed by atoms with Gasteiger partial charge in [0.25, 0.3) is 0 Å². The first-order chi connectivity index (χ1) is 12.1. The van der Waals surface area contributed by atoms with Crippen LogP contribution in [0.5, 0.6) is 0 Å². The van der Waals surface area contributed by atoms with Crippen molar-refractivity contribution >= 4 is 18.2 Å². The Morgan fingerprint density at radius 1 is 1.08 bits per heavy atom. The number of esters is 1. The molecule has 0 heterocycles. The summed E-state index contributed by atoms with van der Waals surface area (Å²) in [4.78, 5) is 32.3. The van der Waals surface area contributed by atoms with E-state index >= 15 is 0 Å². The zero-order valence-corrected chi connectivity index (χ0v) is 16.2. The molecule has 1 amide bonds. The number of carboxylic acid groups (broad SMARTS) is 2. The van der Waals surface area contributed by atoms with Gasteiger partial charge in [-0.1, -0.05) is 26.2 Å². The highest BCUT2D eigenvalue weighted by Gasteiger charge is 2.28. The maximum atomic E-state index is 11.9. The molecule has 0 aromatic heterocycles. The van der Waals surface area contributed by atoms with Gasteiger partial charge in [-0.05, 0) is 46.0 Å². The van der Waals surface area contributed by atoms with Crippen LogP contribution in [0.2, 0.25) is 0 Å². The van der Waals surface area contributed by atoms with E-state index in [1.807, 2.05) is 6.92 Å². The first-order valence-corrected chi connectivity index (χ1v) is 9.13. The fourth-order valence-corrected chi connectivity index (χ4v) is 2.45. The topological polar surface area (TPSA) is 122 Å². The van der Waals surface area contributed by atoms with E-state index in [1.165, 1.54) is 19.3 Å². The molecule has 0 aromatic carbocycles. The Hall–Kier alpha value is -1.99. The fraction of sp³-hybridized carbons (Fsp3) is 0.833. The van der Waals surface area contributed by atoms with Gasteiger partial charge in [-0.15, -0.1) is 0 Å². The summed E-state index contributed by atoms with van der Waals surface area (Å²) in [6.45, 7) is 7.94. The summed E-state index contributed by atoms with van der Waals surface area (Å²) < 4.78 is 10.6. The van der Waals surface area contributed by atoms with E-state index in [0.717, 1.165) is 19.3 Å². The van der Waals surface area contributed by atoms with E-state index < -0.39 is 24.0 Å². The van der Waals surface area contributed by atoms with Crippen LogP contribution in [0.15, 0.2) is 0 Å². The third-order valence-electron chi connectivity index (χ3n) is 3.87. The molecule has 0 saturated heterocycles. The number of nitrogens with one attached hydrogen (secondary N) is 1. The van der Waals surface area contributed by atoms with Crippen molar-refractivity contribution in [1.82, 2.24) is 5.32 Å². The zero-order valence-electron chi connectivity index (χ0n) is 16.2. The molecule has 0 spiro atoms. The predicted molar refractivity (Wildman–Crippen MR) is 96.0 cm³/mol. The first-order valence-electron chi connectivity index (χ1n) is 9.13. The number of amides is 1. The summed E-state index contributed by atoms with van der Waals surface area (Å²) in [5, 5.41) is 16.7. The lowest BCUT2D eigenvalue weighted by molar-refractivity contribution is -0.178. The second kappa shape index (κ2) is 12.4. The lowest BCUT2D eigenvalue weighted by atomic mass is 9.89. The molecule has 1 aliphatic carbocycles. The molecule has 152 valence electrons. The van der Waals surface area contributed by atoms with Gasteiger partial charge in [-0.2, -0.15) is 0 Å². The number of carbonyl (C=O) groups is 3. The molecule has 1 saturated carbocycles. The van der Waals surface area contributed by atoms with Crippen LogP contribution in [0, 0.1) is 11.3 Å². The lowest BCUT2D eigenvalue weighted by Crippen LogP contribution is -2.36. The molecule has 8 heteroatoms. The minimum atomic E-state index is -1.83. The summed E-state index contributed by atoms with van der Waals surface area (Å²) in [6.07, 6.45) is 4.26. The van der Waals surface area contributed by atoms with Gasteiger partial charge < -0.3 is 25.0 Å². The largest absolute Gasteiger partial charge is 0.503 e. The van der Waals surface area contributed by atoms with Crippen LogP contribution < -0.4 is 5.32 Å². The van der Waals surface area contributed by atoms with Gasteiger partial charge in [-0.25, -0.2) is 9.59 Å². The van der Waals surface area contributed by atoms with Crippen molar-refractivity contribution in [2.45, 2.75) is 78.9 Å². The fourth-order valence-electron chi connectivity index (χ4n) is 2.45. The minimum Gasteiger partial charge on any atom is -0.450 e. The maximum Gasteiger partial charge on any atom is 0.503 e. The van der Waals surface area contributed by atoms with Gasteiger partial charge in [0.2, 0.25) is 6.29 Å². The second-order valence-corrected chi connectivity index (χ2v) is 7.45. The van der Waals surface area contributed by atoms with E-state index in [0.29, 0.717) is 18.9 Å². The van der Waals surface area contributed by atoms with Gasteiger partial charge in [0, 0.05) is 13.0 Å². The van der Waals surface area contributed by atoms with Crippen molar-refractivity contribution in [3.8, 4) is 0 Å². The first kappa shape index (κ1) is 24.0. The van der Waals surface area contributed by atoms with Crippen LogP contribution in [0.25, 0.3) is 0 Å². The highest BCUT2D eigenvalue weighted by atomic mass is 16.7. The van der Waals surface area contributed by atoms with Crippen LogP contribution in [-0.2, 0) is 14.3 Å². The highest BCUT2D eigenvalue weighted by Crippen LogP contribution is 2.23. The molecule has 0 aromatic rings.